The Bertz CT molecular complexity index is 747. The lowest BCUT2D eigenvalue weighted by Crippen LogP contribution is -2.44. The van der Waals surface area contributed by atoms with Crippen LogP contribution in [-0.2, 0) is 11.2 Å². The van der Waals surface area contributed by atoms with E-state index in [1.165, 1.54) is 10.5 Å². The van der Waals surface area contributed by atoms with Crippen molar-refractivity contribution in [3.05, 3.63) is 41.5 Å². The van der Waals surface area contributed by atoms with Crippen LogP contribution in [0.5, 0.6) is 0 Å². The maximum Gasteiger partial charge on any atom is 0.236 e. The van der Waals surface area contributed by atoms with Crippen LogP contribution in [0.2, 0.25) is 0 Å². The summed E-state index contributed by atoms with van der Waals surface area (Å²) in [5.41, 5.74) is 1.30. The fourth-order valence-corrected chi connectivity index (χ4v) is 5.04. The molecule has 0 spiro atoms. The highest BCUT2D eigenvalue weighted by molar-refractivity contribution is 8.01. The van der Waals surface area contributed by atoms with Crippen molar-refractivity contribution in [3.8, 4) is 0 Å². The number of rotatable bonds is 2. The van der Waals surface area contributed by atoms with E-state index in [-0.39, 0.29) is 17.2 Å². The first-order valence-electron chi connectivity index (χ1n) is 8.55. The van der Waals surface area contributed by atoms with Gasteiger partial charge in [-0.05, 0) is 44.7 Å². The largest absolute Gasteiger partial charge is 0.340 e. The highest BCUT2D eigenvalue weighted by Gasteiger charge is 2.34. The fourth-order valence-electron chi connectivity index (χ4n) is 3.76. The summed E-state index contributed by atoms with van der Waals surface area (Å²) < 4.78 is 2.01. The van der Waals surface area contributed by atoms with Crippen LogP contribution in [0, 0.1) is 13.8 Å². The molecule has 2 atom stereocenters. The molecule has 5 nitrogen and oxygen atoms in total. The van der Waals surface area contributed by atoms with Crippen molar-refractivity contribution in [3.63, 3.8) is 0 Å². The van der Waals surface area contributed by atoms with Gasteiger partial charge in [0.2, 0.25) is 5.91 Å². The SMILES string of the molecule is Cc1nc(C)n([C@@H]2CCCN(C(=O)[C@H]3Cc4ccccc4S3)C2)n1. The van der Waals surface area contributed by atoms with E-state index < -0.39 is 0 Å². The number of aryl methyl sites for hydroxylation is 2. The molecule has 0 N–H and O–H groups in total. The topological polar surface area (TPSA) is 51.0 Å². The number of nitrogens with zero attached hydrogens (tertiary/aromatic N) is 4. The minimum absolute atomic E-state index is 0.0275. The highest BCUT2D eigenvalue weighted by atomic mass is 32.2. The number of likely N-dealkylation sites (tertiary alicyclic amines) is 1. The Labute approximate surface area is 146 Å². The Kier molecular flexibility index (Phi) is 4.08. The average molecular weight is 342 g/mol. The zero-order valence-electron chi connectivity index (χ0n) is 14.1. The van der Waals surface area contributed by atoms with E-state index >= 15 is 0 Å². The second kappa shape index (κ2) is 6.24. The van der Waals surface area contributed by atoms with Crippen molar-refractivity contribution in [2.24, 2.45) is 0 Å². The second-order valence-electron chi connectivity index (χ2n) is 6.65. The van der Waals surface area contributed by atoms with Crippen LogP contribution in [-0.4, -0.2) is 43.9 Å². The monoisotopic (exact) mass is 342 g/mol. The van der Waals surface area contributed by atoms with Crippen LogP contribution in [0.15, 0.2) is 29.2 Å². The normalized spacial score (nSPS) is 23.3. The molecule has 1 aromatic carbocycles. The van der Waals surface area contributed by atoms with Crippen molar-refractivity contribution in [1.82, 2.24) is 19.7 Å². The molecule has 0 aliphatic carbocycles. The summed E-state index contributed by atoms with van der Waals surface area (Å²) in [7, 11) is 0. The second-order valence-corrected chi connectivity index (χ2v) is 7.89. The number of aromatic nitrogens is 3. The predicted octanol–water partition coefficient (Wildman–Crippen LogP) is 2.78. The van der Waals surface area contributed by atoms with Gasteiger partial charge in [0.15, 0.2) is 0 Å². The van der Waals surface area contributed by atoms with Crippen LogP contribution in [0.25, 0.3) is 0 Å². The van der Waals surface area contributed by atoms with Gasteiger partial charge in [0.1, 0.15) is 11.6 Å². The number of carbonyl (C=O) groups excluding carboxylic acids is 1. The molecule has 2 aliphatic rings. The fraction of sp³-hybridized carbons (Fsp3) is 0.500. The number of amides is 1. The van der Waals surface area contributed by atoms with Crippen molar-refractivity contribution in [1.29, 1.82) is 0 Å². The summed E-state index contributed by atoms with van der Waals surface area (Å²) in [5.74, 6) is 2.02. The third-order valence-corrected chi connectivity index (χ3v) is 6.19. The lowest BCUT2D eigenvalue weighted by molar-refractivity contribution is -0.132. The molecular formula is C18H22N4OS. The van der Waals surface area contributed by atoms with E-state index in [4.69, 9.17) is 0 Å². The lowest BCUT2D eigenvalue weighted by Gasteiger charge is -2.34. The molecule has 6 heteroatoms. The summed E-state index contributed by atoms with van der Waals surface area (Å²) >= 11 is 1.72. The summed E-state index contributed by atoms with van der Waals surface area (Å²) in [6.07, 6.45) is 2.94. The first-order valence-corrected chi connectivity index (χ1v) is 9.43. The van der Waals surface area contributed by atoms with Crippen LogP contribution in [0.3, 0.4) is 0 Å². The van der Waals surface area contributed by atoms with Gasteiger partial charge in [-0.1, -0.05) is 18.2 Å². The van der Waals surface area contributed by atoms with Gasteiger partial charge in [0.25, 0.3) is 0 Å². The van der Waals surface area contributed by atoms with E-state index in [1.54, 1.807) is 11.8 Å². The third kappa shape index (κ3) is 2.83. The van der Waals surface area contributed by atoms with Crippen molar-refractivity contribution in [2.75, 3.05) is 13.1 Å². The van der Waals surface area contributed by atoms with Gasteiger partial charge in [-0.3, -0.25) is 4.79 Å². The maximum atomic E-state index is 13.0. The summed E-state index contributed by atoms with van der Waals surface area (Å²) in [4.78, 5) is 20.7. The maximum absolute atomic E-state index is 13.0. The summed E-state index contributed by atoms with van der Waals surface area (Å²) in [6.45, 7) is 5.51. The van der Waals surface area contributed by atoms with Gasteiger partial charge in [-0.2, -0.15) is 5.10 Å². The third-order valence-electron chi connectivity index (χ3n) is 4.88. The minimum atomic E-state index is 0.0275. The Hall–Kier alpha value is -1.82. The summed E-state index contributed by atoms with van der Waals surface area (Å²) in [5, 5.41) is 4.55. The van der Waals surface area contributed by atoms with E-state index in [0.717, 1.165) is 44.0 Å². The zero-order valence-corrected chi connectivity index (χ0v) is 14.9. The smallest absolute Gasteiger partial charge is 0.236 e. The number of carbonyl (C=O) groups is 1. The minimum Gasteiger partial charge on any atom is -0.340 e. The van der Waals surface area contributed by atoms with Crippen LogP contribution >= 0.6 is 11.8 Å². The molecule has 0 saturated carbocycles. The number of fused-ring (bicyclic) bond motifs is 1. The van der Waals surface area contributed by atoms with Gasteiger partial charge < -0.3 is 4.90 Å². The molecule has 2 aliphatic heterocycles. The zero-order chi connectivity index (χ0) is 16.7. The predicted molar refractivity (Wildman–Crippen MR) is 94.1 cm³/mol. The lowest BCUT2D eigenvalue weighted by atomic mass is 10.0. The van der Waals surface area contributed by atoms with Crippen molar-refractivity contribution in [2.45, 2.75) is 49.3 Å². The number of piperidine rings is 1. The molecule has 1 amide bonds. The molecular weight excluding hydrogens is 320 g/mol. The van der Waals surface area contributed by atoms with E-state index in [2.05, 4.69) is 28.3 Å². The van der Waals surface area contributed by atoms with E-state index in [0.29, 0.717) is 0 Å². The molecule has 4 rings (SSSR count). The first-order chi connectivity index (χ1) is 11.6. The Balaban J connectivity index is 1.47. The van der Waals surface area contributed by atoms with Crippen LogP contribution < -0.4 is 0 Å². The number of thioether (sulfide) groups is 1. The quantitative estimate of drug-likeness (QED) is 0.842. The number of benzene rings is 1. The van der Waals surface area contributed by atoms with E-state index in [1.807, 2.05) is 29.5 Å². The first kappa shape index (κ1) is 15.7. The molecule has 126 valence electrons. The molecule has 1 saturated heterocycles. The summed E-state index contributed by atoms with van der Waals surface area (Å²) in [6, 6.07) is 8.60. The molecule has 24 heavy (non-hydrogen) atoms. The van der Waals surface area contributed by atoms with Gasteiger partial charge in [0, 0.05) is 18.0 Å². The highest BCUT2D eigenvalue weighted by Crippen LogP contribution is 2.38. The molecule has 1 fully saturated rings. The van der Waals surface area contributed by atoms with Crippen molar-refractivity contribution < 1.29 is 4.79 Å². The molecule has 0 radical (unpaired) electrons. The molecule has 1 aromatic heterocycles. The molecule has 0 bridgehead atoms. The number of hydrogen-bond donors (Lipinski definition) is 0. The standard InChI is InChI=1S/C18H22N4OS/c1-12-19-13(2)22(20-12)15-7-5-9-21(11-15)18(23)17-10-14-6-3-4-8-16(14)24-17/h3-4,6,8,15,17H,5,7,9-11H2,1-2H3/t15-,17-/m1/s1. The average Bonchev–Trinajstić information content (AvgIpc) is 3.17. The molecule has 2 aromatic rings. The molecule has 3 heterocycles. The van der Waals surface area contributed by atoms with Gasteiger partial charge in [-0.25, -0.2) is 9.67 Å². The van der Waals surface area contributed by atoms with Gasteiger partial charge >= 0.3 is 0 Å². The number of hydrogen-bond acceptors (Lipinski definition) is 4. The van der Waals surface area contributed by atoms with E-state index in [9.17, 15) is 4.79 Å². The Morgan fingerprint density at radius 2 is 2.12 bits per heavy atom. The van der Waals surface area contributed by atoms with Gasteiger partial charge in [0.05, 0.1) is 11.3 Å². The molecule has 0 unspecified atom stereocenters. The Morgan fingerprint density at radius 3 is 2.88 bits per heavy atom. The van der Waals surface area contributed by atoms with Crippen LogP contribution in [0.4, 0.5) is 0 Å². The Morgan fingerprint density at radius 1 is 1.29 bits per heavy atom. The van der Waals surface area contributed by atoms with Gasteiger partial charge in [-0.15, -0.1) is 11.8 Å². The van der Waals surface area contributed by atoms with Crippen molar-refractivity contribution >= 4 is 17.7 Å². The van der Waals surface area contributed by atoms with Crippen LogP contribution in [0.1, 0.15) is 36.1 Å².